The Labute approximate surface area is 161 Å². The number of benzene rings is 1. The first-order chi connectivity index (χ1) is 12.7. The Hall–Kier alpha value is -2.61. The van der Waals surface area contributed by atoms with E-state index in [-0.39, 0.29) is 5.92 Å². The Morgan fingerprint density at radius 1 is 1.37 bits per heavy atom. The SMILES string of the molecule is Cc1ccc(NC(=O)COC(=O)CN2C(=O)N[C@@](C)(C3CC3)C2=O)c(Cl)c1. The van der Waals surface area contributed by atoms with E-state index in [2.05, 4.69) is 10.6 Å². The highest BCUT2D eigenvalue weighted by molar-refractivity contribution is 6.33. The largest absolute Gasteiger partial charge is 0.454 e. The van der Waals surface area contributed by atoms with Crippen LogP contribution in [0.4, 0.5) is 10.5 Å². The number of nitrogens with zero attached hydrogens (tertiary/aromatic N) is 1. The summed E-state index contributed by atoms with van der Waals surface area (Å²) in [4.78, 5) is 49.1. The number of aryl methyl sites for hydroxylation is 1. The van der Waals surface area contributed by atoms with Crippen LogP contribution in [-0.2, 0) is 19.1 Å². The Morgan fingerprint density at radius 3 is 2.70 bits per heavy atom. The van der Waals surface area contributed by atoms with E-state index < -0.39 is 42.5 Å². The van der Waals surface area contributed by atoms with Crippen LogP contribution in [-0.4, -0.2) is 47.4 Å². The monoisotopic (exact) mass is 393 g/mol. The molecule has 27 heavy (non-hydrogen) atoms. The van der Waals surface area contributed by atoms with Crippen LogP contribution in [0.1, 0.15) is 25.3 Å². The molecule has 0 unspecified atom stereocenters. The van der Waals surface area contributed by atoms with E-state index in [1.807, 2.05) is 6.92 Å². The second-order valence-corrected chi connectivity index (χ2v) is 7.40. The van der Waals surface area contributed by atoms with Gasteiger partial charge in [0.15, 0.2) is 6.61 Å². The van der Waals surface area contributed by atoms with Crippen LogP contribution in [0.2, 0.25) is 5.02 Å². The van der Waals surface area contributed by atoms with Crippen LogP contribution in [0.3, 0.4) is 0 Å². The third-order valence-corrected chi connectivity index (χ3v) is 5.06. The molecular weight excluding hydrogens is 374 g/mol. The summed E-state index contributed by atoms with van der Waals surface area (Å²) >= 11 is 6.03. The fourth-order valence-electron chi connectivity index (χ4n) is 3.03. The van der Waals surface area contributed by atoms with Crippen LogP contribution < -0.4 is 10.6 Å². The van der Waals surface area contributed by atoms with E-state index in [0.717, 1.165) is 23.3 Å². The van der Waals surface area contributed by atoms with Crippen LogP contribution in [0.5, 0.6) is 0 Å². The molecule has 1 aliphatic heterocycles. The molecule has 2 N–H and O–H groups in total. The molecule has 2 fully saturated rings. The average molecular weight is 394 g/mol. The molecule has 1 saturated heterocycles. The Morgan fingerprint density at radius 2 is 2.07 bits per heavy atom. The van der Waals surface area contributed by atoms with Crippen LogP contribution in [0, 0.1) is 12.8 Å². The molecule has 1 aromatic rings. The molecule has 1 aromatic carbocycles. The van der Waals surface area contributed by atoms with Gasteiger partial charge in [0.2, 0.25) is 0 Å². The van der Waals surface area contributed by atoms with Crippen molar-refractivity contribution in [1.29, 1.82) is 0 Å². The standard InChI is InChI=1S/C18H20ClN3O5/c1-10-3-6-13(12(19)7-10)20-14(23)9-27-15(24)8-22-16(25)18(2,11-4-5-11)21-17(22)26/h3,6-7,11H,4-5,8-9H2,1-2H3,(H,20,23)(H,21,26)/t18-/m0/s1. The van der Waals surface area contributed by atoms with Crippen molar-refractivity contribution in [3.05, 3.63) is 28.8 Å². The topological polar surface area (TPSA) is 105 Å². The van der Waals surface area contributed by atoms with E-state index in [9.17, 15) is 19.2 Å². The van der Waals surface area contributed by atoms with Crippen LogP contribution >= 0.6 is 11.6 Å². The number of imide groups is 1. The molecule has 2 aliphatic rings. The number of rotatable bonds is 6. The number of hydrogen-bond acceptors (Lipinski definition) is 5. The van der Waals surface area contributed by atoms with Gasteiger partial charge in [0.05, 0.1) is 10.7 Å². The number of ether oxygens (including phenoxy) is 1. The molecule has 4 amide bonds. The summed E-state index contributed by atoms with van der Waals surface area (Å²) in [6.45, 7) is 2.44. The van der Waals surface area contributed by atoms with Gasteiger partial charge in [0.25, 0.3) is 11.8 Å². The molecule has 1 atom stereocenters. The first kappa shape index (κ1) is 19.2. The van der Waals surface area contributed by atoms with Crippen molar-refractivity contribution >= 4 is 41.1 Å². The molecule has 144 valence electrons. The second kappa shape index (κ2) is 7.19. The number of carbonyl (C=O) groups excluding carboxylic acids is 4. The van der Waals surface area contributed by atoms with Gasteiger partial charge in [-0.2, -0.15) is 0 Å². The number of esters is 1. The number of halogens is 1. The molecule has 8 nitrogen and oxygen atoms in total. The first-order valence-corrected chi connectivity index (χ1v) is 8.94. The minimum absolute atomic E-state index is 0.0972. The fraction of sp³-hybridized carbons (Fsp3) is 0.444. The summed E-state index contributed by atoms with van der Waals surface area (Å²) < 4.78 is 4.87. The van der Waals surface area contributed by atoms with Crippen molar-refractivity contribution < 1.29 is 23.9 Å². The minimum Gasteiger partial charge on any atom is -0.454 e. The van der Waals surface area contributed by atoms with Crippen molar-refractivity contribution in [3.8, 4) is 0 Å². The van der Waals surface area contributed by atoms with Gasteiger partial charge in [-0.05, 0) is 50.3 Å². The van der Waals surface area contributed by atoms with Crippen molar-refractivity contribution in [1.82, 2.24) is 10.2 Å². The quantitative estimate of drug-likeness (QED) is 0.567. The highest BCUT2D eigenvalue weighted by atomic mass is 35.5. The average Bonchev–Trinajstić information content (AvgIpc) is 3.42. The lowest BCUT2D eigenvalue weighted by molar-refractivity contribution is -0.150. The summed E-state index contributed by atoms with van der Waals surface area (Å²) in [6.07, 6.45) is 1.73. The Kier molecular flexibility index (Phi) is 5.10. The minimum atomic E-state index is -0.961. The second-order valence-electron chi connectivity index (χ2n) is 6.99. The lowest BCUT2D eigenvalue weighted by Crippen LogP contribution is -2.46. The third kappa shape index (κ3) is 4.05. The molecule has 1 aliphatic carbocycles. The predicted molar refractivity (Wildman–Crippen MR) is 97.2 cm³/mol. The molecule has 3 rings (SSSR count). The van der Waals surface area contributed by atoms with Crippen molar-refractivity contribution in [2.45, 2.75) is 32.2 Å². The highest BCUT2D eigenvalue weighted by Crippen LogP contribution is 2.42. The van der Waals surface area contributed by atoms with Crippen LogP contribution in [0.15, 0.2) is 18.2 Å². The van der Waals surface area contributed by atoms with Gasteiger partial charge < -0.3 is 15.4 Å². The summed E-state index contributed by atoms with van der Waals surface area (Å²) in [5.41, 5.74) is 0.380. The van der Waals surface area contributed by atoms with Gasteiger partial charge in [-0.25, -0.2) is 4.79 Å². The molecule has 0 aromatic heterocycles. The molecule has 1 heterocycles. The lowest BCUT2D eigenvalue weighted by Gasteiger charge is -2.20. The molecule has 1 saturated carbocycles. The van der Waals surface area contributed by atoms with Crippen molar-refractivity contribution in [2.24, 2.45) is 5.92 Å². The van der Waals surface area contributed by atoms with Gasteiger partial charge in [0.1, 0.15) is 12.1 Å². The summed E-state index contributed by atoms with van der Waals surface area (Å²) in [5.74, 6) is -1.76. The normalized spacial score (nSPS) is 21.8. The van der Waals surface area contributed by atoms with E-state index in [1.165, 1.54) is 0 Å². The zero-order valence-electron chi connectivity index (χ0n) is 15.0. The van der Waals surface area contributed by atoms with E-state index in [1.54, 1.807) is 25.1 Å². The Balaban J connectivity index is 1.50. The van der Waals surface area contributed by atoms with Crippen molar-refractivity contribution in [3.63, 3.8) is 0 Å². The molecule has 0 radical (unpaired) electrons. The molecule has 9 heteroatoms. The predicted octanol–water partition coefficient (Wildman–Crippen LogP) is 1.85. The van der Waals surface area contributed by atoms with Gasteiger partial charge in [-0.1, -0.05) is 17.7 Å². The van der Waals surface area contributed by atoms with E-state index in [4.69, 9.17) is 16.3 Å². The number of hydrogen-bond donors (Lipinski definition) is 2. The highest BCUT2D eigenvalue weighted by Gasteiger charge is 2.56. The van der Waals surface area contributed by atoms with Gasteiger partial charge in [-0.15, -0.1) is 0 Å². The fourth-order valence-corrected chi connectivity index (χ4v) is 3.31. The zero-order valence-corrected chi connectivity index (χ0v) is 15.8. The number of carbonyl (C=O) groups is 4. The maximum absolute atomic E-state index is 12.4. The molecular formula is C18H20ClN3O5. The number of anilines is 1. The first-order valence-electron chi connectivity index (χ1n) is 8.56. The number of urea groups is 1. The Bertz CT molecular complexity index is 823. The van der Waals surface area contributed by atoms with E-state index in [0.29, 0.717) is 10.7 Å². The smallest absolute Gasteiger partial charge is 0.326 e. The summed E-state index contributed by atoms with van der Waals surface area (Å²) in [5, 5.41) is 5.54. The van der Waals surface area contributed by atoms with Gasteiger partial charge in [0, 0.05) is 0 Å². The third-order valence-electron chi connectivity index (χ3n) is 4.75. The maximum atomic E-state index is 12.4. The summed E-state index contributed by atoms with van der Waals surface area (Å²) in [6, 6.07) is 4.49. The van der Waals surface area contributed by atoms with Crippen molar-refractivity contribution in [2.75, 3.05) is 18.5 Å². The number of amides is 4. The van der Waals surface area contributed by atoms with Gasteiger partial charge in [-0.3, -0.25) is 19.3 Å². The lowest BCUT2D eigenvalue weighted by atomic mass is 9.96. The summed E-state index contributed by atoms with van der Waals surface area (Å²) in [7, 11) is 0. The maximum Gasteiger partial charge on any atom is 0.326 e. The molecule has 0 spiro atoms. The molecule has 0 bridgehead atoms. The van der Waals surface area contributed by atoms with Crippen LogP contribution in [0.25, 0.3) is 0 Å². The van der Waals surface area contributed by atoms with Gasteiger partial charge >= 0.3 is 12.0 Å². The number of nitrogens with one attached hydrogen (secondary N) is 2. The zero-order chi connectivity index (χ0) is 19.8. The van der Waals surface area contributed by atoms with E-state index >= 15 is 0 Å².